The van der Waals surface area contributed by atoms with Gasteiger partial charge in [-0.05, 0) is 24.6 Å². The normalized spacial score (nSPS) is 11.6. The Kier molecular flexibility index (Phi) is 5.68. The minimum atomic E-state index is -4.30. The lowest BCUT2D eigenvalue weighted by Crippen LogP contribution is -2.18. The maximum atomic E-state index is 13.0. The first-order valence-corrected chi connectivity index (χ1v) is 5.60. The van der Waals surface area contributed by atoms with Gasteiger partial charge in [0.15, 0.2) is 0 Å². The zero-order valence-corrected chi connectivity index (χ0v) is 10.1. The molecule has 0 aliphatic heterocycles. The lowest BCUT2D eigenvalue weighted by molar-refractivity contribution is -0.173. The number of nitrogens with one attached hydrogen (secondary N) is 1. The fourth-order valence-electron chi connectivity index (χ4n) is 1.20. The molecule has 102 valence electrons. The van der Waals surface area contributed by atoms with Crippen LogP contribution >= 0.6 is 11.6 Å². The van der Waals surface area contributed by atoms with E-state index in [4.69, 9.17) is 11.6 Å². The Morgan fingerprint density at radius 1 is 1.28 bits per heavy atom. The summed E-state index contributed by atoms with van der Waals surface area (Å²) in [6, 6.07) is 4.21. The molecule has 0 saturated heterocycles. The molecule has 0 atom stereocenters. The monoisotopic (exact) mass is 285 g/mol. The highest BCUT2D eigenvalue weighted by molar-refractivity contribution is 6.30. The summed E-state index contributed by atoms with van der Waals surface area (Å²) in [5.74, 6) is -0.546. The first-order valence-electron chi connectivity index (χ1n) is 5.22. The number of benzene rings is 1. The predicted octanol–water partition coefficient (Wildman–Crippen LogP) is 3.86. The summed E-state index contributed by atoms with van der Waals surface area (Å²) in [5.41, 5.74) is 0.521. The van der Waals surface area contributed by atoms with Crippen molar-refractivity contribution in [2.24, 2.45) is 0 Å². The number of anilines is 1. The maximum absolute atomic E-state index is 13.0. The summed E-state index contributed by atoms with van der Waals surface area (Å²) >= 11 is 5.50. The number of halogens is 5. The molecule has 2 nitrogen and oxygen atoms in total. The molecule has 1 rings (SSSR count). The molecule has 1 aromatic carbocycles. The van der Waals surface area contributed by atoms with E-state index in [2.05, 4.69) is 10.1 Å². The van der Waals surface area contributed by atoms with Gasteiger partial charge >= 0.3 is 6.18 Å². The van der Waals surface area contributed by atoms with Crippen LogP contribution in [0.4, 0.5) is 23.2 Å². The van der Waals surface area contributed by atoms with Gasteiger partial charge in [0.05, 0.1) is 5.02 Å². The molecule has 0 heterocycles. The van der Waals surface area contributed by atoms with Crippen molar-refractivity contribution in [2.75, 3.05) is 25.1 Å². The molecule has 1 N–H and O–H groups in total. The number of hydrogen-bond donors (Lipinski definition) is 1. The number of hydrogen-bond acceptors (Lipinski definition) is 2. The Balaban J connectivity index is 2.16. The molecule has 7 heteroatoms. The van der Waals surface area contributed by atoms with Crippen LogP contribution in [0.2, 0.25) is 5.02 Å². The van der Waals surface area contributed by atoms with Gasteiger partial charge < -0.3 is 10.1 Å². The summed E-state index contributed by atoms with van der Waals surface area (Å²) in [6.45, 7) is -0.871. The zero-order chi connectivity index (χ0) is 13.6. The Hall–Kier alpha value is -1.01. The standard InChI is InChI=1S/C11H12ClF4NO/c12-9-3-2-8(6-10(9)13)17-4-1-5-18-7-11(14,15)16/h2-3,6,17H,1,4-5,7H2. The second-order valence-corrected chi connectivity index (χ2v) is 3.98. The highest BCUT2D eigenvalue weighted by Gasteiger charge is 2.27. The van der Waals surface area contributed by atoms with Gasteiger partial charge in [-0.1, -0.05) is 11.6 Å². The van der Waals surface area contributed by atoms with Crippen molar-refractivity contribution in [3.05, 3.63) is 29.0 Å². The van der Waals surface area contributed by atoms with E-state index < -0.39 is 18.6 Å². The van der Waals surface area contributed by atoms with E-state index in [1.807, 2.05) is 0 Å². The summed E-state index contributed by atoms with van der Waals surface area (Å²) in [4.78, 5) is 0. The van der Waals surface area contributed by atoms with Crippen LogP contribution in [-0.4, -0.2) is 25.9 Å². The molecule has 0 amide bonds. The molecule has 0 aliphatic carbocycles. The summed E-state index contributed by atoms with van der Waals surface area (Å²) in [5, 5.41) is 2.87. The number of rotatable bonds is 6. The van der Waals surface area contributed by atoms with Gasteiger partial charge in [-0.15, -0.1) is 0 Å². The third kappa shape index (κ3) is 6.07. The van der Waals surface area contributed by atoms with Gasteiger partial charge in [-0.3, -0.25) is 0 Å². The van der Waals surface area contributed by atoms with Crippen LogP contribution in [0.5, 0.6) is 0 Å². The summed E-state index contributed by atoms with van der Waals surface area (Å²) < 4.78 is 52.6. The fourth-order valence-corrected chi connectivity index (χ4v) is 1.32. The van der Waals surface area contributed by atoms with E-state index in [0.717, 1.165) is 0 Å². The minimum Gasteiger partial charge on any atom is -0.385 e. The van der Waals surface area contributed by atoms with Crippen LogP contribution in [0.1, 0.15) is 6.42 Å². The molecule has 0 spiro atoms. The average Bonchev–Trinajstić information content (AvgIpc) is 2.26. The third-order valence-corrected chi connectivity index (χ3v) is 2.29. The van der Waals surface area contributed by atoms with Crippen LogP contribution in [0.3, 0.4) is 0 Å². The highest BCUT2D eigenvalue weighted by atomic mass is 35.5. The molecule has 0 aromatic heterocycles. The van der Waals surface area contributed by atoms with Crippen molar-refractivity contribution >= 4 is 17.3 Å². The van der Waals surface area contributed by atoms with E-state index in [1.54, 1.807) is 6.07 Å². The molecular formula is C11H12ClF4NO. The predicted molar refractivity (Wildman–Crippen MR) is 61.4 cm³/mol. The first kappa shape index (κ1) is 15.0. The molecule has 0 aliphatic rings. The van der Waals surface area contributed by atoms with Crippen molar-refractivity contribution in [3.63, 3.8) is 0 Å². The van der Waals surface area contributed by atoms with Crippen molar-refractivity contribution in [3.8, 4) is 0 Å². The van der Waals surface area contributed by atoms with Gasteiger partial charge in [-0.25, -0.2) is 4.39 Å². The molecule has 0 bridgehead atoms. The second-order valence-electron chi connectivity index (χ2n) is 3.58. The van der Waals surface area contributed by atoms with Crippen molar-refractivity contribution in [2.45, 2.75) is 12.6 Å². The zero-order valence-electron chi connectivity index (χ0n) is 9.36. The smallest absolute Gasteiger partial charge is 0.385 e. The molecule has 0 saturated carbocycles. The van der Waals surface area contributed by atoms with Gasteiger partial charge in [0, 0.05) is 18.8 Å². The Labute approximate surface area is 107 Å². The highest BCUT2D eigenvalue weighted by Crippen LogP contribution is 2.18. The van der Waals surface area contributed by atoms with Crippen LogP contribution in [0.25, 0.3) is 0 Å². The van der Waals surface area contributed by atoms with Gasteiger partial charge in [-0.2, -0.15) is 13.2 Å². The summed E-state index contributed by atoms with van der Waals surface area (Å²) in [7, 11) is 0. The molecule has 0 unspecified atom stereocenters. The lowest BCUT2D eigenvalue weighted by Gasteiger charge is -2.09. The SMILES string of the molecule is Fc1cc(NCCCOCC(F)(F)F)ccc1Cl. The summed E-state index contributed by atoms with van der Waals surface area (Å²) in [6.07, 6.45) is -3.91. The minimum absolute atomic E-state index is 0.0113. The maximum Gasteiger partial charge on any atom is 0.411 e. The lowest BCUT2D eigenvalue weighted by atomic mass is 10.3. The van der Waals surface area contributed by atoms with E-state index in [9.17, 15) is 17.6 Å². The molecular weight excluding hydrogens is 274 g/mol. The van der Waals surface area contributed by atoms with Crippen LogP contribution < -0.4 is 5.32 Å². The fraction of sp³-hybridized carbons (Fsp3) is 0.455. The van der Waals surface area contributed by atoms with Gasteiger partial charge in [0.25, 0.3) is 0 Å². The molecule has 0 fully saturated rings. The Morgan fingerprint density at radius 2 is 2.00 bits per heavy atom. The van der Waals surface area contributed by atoms with E-state index >= 15 is 0 Å². The van der Waals surface area contributed by atoms with E-state index in [0.29, 0.717) is 18.7 Å². The topological polar surface area (TPSA) is 21.3 Å². The van der Waals surface area contributed by atoms with Crippen molar-refractivity contribution < 1.29 is 22.3 Å². The van der Waals surface area contributed by atoms with Crippen molar-refractivity contribution in [1.82, 2.24) is 0 Å². The largest absolute Gasteiger partial charge is 0.411 e. The molecule has 18 heavy (non-hydrogen) atoms. The van der Waals surface area contributed by atoms with Crippen LogP contribution in [-0.2, 0) is 4.74 Å². The van der Waals surface area contributed by atoms with Gasteiger partial charge in [0.1, 0.15) is 12.4 Å². The molecule has 1 aromatic rings. The van der Waals surface area contributed by atoms with E-state index in [-0.39, 0.29) is 11.6 Å². The van der Waals surface area contributed by atoms with E-state index in [1.165, 1.54) is 12.1 Å². The quantitative estimate of drug-likeness (QED) is 0.633. The van der Waals surface area contributed by atoms with Crippen LogP contribution in [0.15, 0.2) is 18.2 Å². The van der Waals surface area contributed by atoms with Crippen molar-refractivity contribution in [1.29, 1.82) is 0 Å². The van der Waals surface area contributed by atoms with Crippen LogP contribution in [0, 0.1) is 5.82 Å². The second kappa shape index (κ2) is 6.80. The third-order valence-electron chi connectivity index (χ3n) is 1.98. The number of alkyl halides is 3. The van der Waals surface area contributed by atoms with Gasteiger partial charge in [0.2, 0.25) is 0 Å². The molecule has 0 radical (unpaired) electrons. The first-order chi connectivity index (χ1) is 8.38. The average molecular weight is 286 g/mol. The Bertz CT molecular complexity index is 384. The Morgan fingerprint density at radius 3 is 2.61 bits per heavy atom. The number of ether oxygens (including phenoxy) is 1.